The summed E-state index contributed by atoms with van der Waals surface area (Å²) in [5.41, 5.74) is 2.10. The number of anilines is 1. The Hall–Kier alpha value is -1.88. The van der Waals surface area contributed by atoms with E-state index in [-0.39, 0.29) is 18.0 Å². The van der Waals surface area contributed by atoms with E-state index in [1.165, 1.54) is 17.0 Å². The second-order valence-electron chi connectivity index (χ2n) is 6.05. The lowest BCUT2D eigenvalue weighted by molar-refractivity contribution is 0.00770. The smallest absolute Gasteiger partial charge is 0.123 e. The van der Waals surface area contributed by atoms with Crippen LogP contribution in [0.1, 0.15) is 29.0 Å². The van der Waals surface area contributed by atoms with Gasteiger partial charge in [-0.1, -0.05) is 29.8 Å². The highest BCUT2D eigenvalue weighted by Crippen LogP contribution is 2.41. The summed E-state index contributed by atoms with van der Waals surface area (Å²) in [6.45, 7) is 0.478. The summed E-state index contributed by atoms with van der Waals surface area (Å²) in [6.07, 6.45) is 0.769. The van der Waals surface area contributed by atoms with Crippen LogP contribution in [0.25, 0.3) is 0 Å². The van der Waals surface area contributed by atoms with Gasteiger partial charge < -0.3 is 9.64 Å². The number of benzene rings is 2. The van der Waals surface area contributed by atoms with Gasteiger partial charge in [-0.2, -0.15) is 0 Å². The summed E-state index contributed by atoms with van der Waals surface area (Å²) in [6, 6.07) is 18.9. The van der Waals surface area contributed by atoms with Crippen molar-refractivity contribution in [2.45, 2.75) is 18.6 Å². The van der Waals surface area contributed by atoms with E-state index in [4.69, 9.17) is 16.3 Å². The summed E-state index contributed by atoms with van der Waals surface area (Å²) in [5, 5.41) is 2.82. The van der Waals surface area contributed by atoms with Crippen molar-refractivity contribution in [1.29, 1.82) is 0 Å². The second kappa shape index (κ2) is 7.16. The van der Waals surface area contributed by atoms with Crippen LogP contribution in [0, 0.1) is 5.82 Å². The predicted octanol–water partition coefficient (Wildman–Crippen LogP) is 6.21. The molecule has 2 heterocycles. The lowest BCUT2D eigenvalue weighted by Crippen LogP contribution is -2.37. The number of hydrogen-bond acceptors (Lipinski definition) is 3. The first kappa shape index (κ1) is 16.6. The maximum atomic E-state index is 13.2. The molecule has 1 fully saturated rings. The molecule has 128 valence electrons. The van der Waals surface area contributed by atoms with Gasteiger partial charge in [0.25, 0.3) is 0 Å². The Balaban J connectivity index is 1.63. The Labute approximate surface area is 155 Å². The lowest BCUT2D eigenvalue weighted by atomic mass is 9.98. The third-order valence-electron chi connectivity index (χ3n) is 4.50. The molecule has 0 bridgehead atoms. The van der Waals surface area contributed by atoms with E-state index in [1.54, 1.807) is 11.3 Å². The van der Waals surface area contributed by atoms with Crippen LogP contribution in [0.4, 0.5) is 10.1 Å². The number of halogens is 2. The van der Waals surface area contributed by atoms with Gasteiger partial charge >= 0.3 is 0 Å². The fourth-order valence-electron chi connectivity index (χ4n) is 3.21. The van der Waals surface area contributed by atoms with Gasteiger partial charge in [0.15, 0.2) is 0 Å². The first-order chi connectivity index (χ1) is 12.2. The highest BCUT2D eigenvalue weighted by Gasteiger charge is 2.32. The first-order valence-electron chi connectivity index (χ1n) is 8.13. The Kier molecular flexibility index (Phi) is 4.75. The molecule has 1 aliphatic rings. The molecule has 2 aromatic carbocycles. The highest BCUT2D eigenvalue weighted by molar-refractivity contribution is 7.10. The minimum atomic E-state index is -0.225. The fraction of sp³-hybridized carbons (Fsp3) is 0.200. The Morgan fingerprint density at radius 1 is 1.04 bits per heavy atom. The molecule has 5 heteroatoms. The fourth-order valence-corrected chi connectivity index (χ4v) is 4.18. The minimum absolute atomic E-state index is 0.0451. The van der Waals surface area contributed by atoms with E-state index in [0.29, 0.717) is 6.73 Å². The molecule has 1 saturated heterocycles. The van der Waals surface area contributed by atoms with E-state index in [9.17, 15) is 4.39 Å². The van der Waals surface area contributed by atoms with Gasteiger partial charge in [-0.25, -0.2) is 4.39 Å². The molecule has 0 unspecified atom stereocenters. The molecule has 2 atom stereocenters. The van der Waals surface area contributed by atoms with E-state index in [1.807, 2.05) is 36.4 Å². The summed E-state index contributed by atoms with van der Waals surface area (Å²) in [5.74, 6) is -0.225. The molecule has 0 radical (unpaired) electrons. The van der Waals surface area contributed by atoms with Gasteiger partial charge in [-0.15, -0.1) is 11.3 Å². The van der Waals surface area contributed by atoms with Crippen LogP contribution in [-0.2, 0) is 4.74 Å². The van der Waals surface area contributed by atoms with Gasteiger partial charge in [0.05, 0.1) is 12.1 Å². The molecule has 0 N–H and O–H groups in total. The molecule has 4 rings (SSSR count). The normalized spacial score (nSPS) is 20.6. The van der Waals surface area contributed by atoms with E-state index in [0.717, 1.165) is 22.7 Å². The molecule has 0 aliphatic carbocycles. The summed E-state index contributed by atoms with van der Waals surface area (Å²) < 4.78 is 19.3. The second-order valence-corrected chi connectivity index (χ2v) is 7.46. The van der Waals surface area contributed by atoms with Crippen molar-refractivity contribution in [3.63, 3.8) is 0 Å². The zero-order chi connectivity index (χ0) is 17.2. The quantitative estimate of drug-likeness (QED) is 0.541. The molecule has 3 aromatic rings. The number of nitrogens with zero attached hydrogens (tertiary/aromatic N) is 1. The van der Waals surface area contributed by atoms with Crippen molar-refractivity contribution in [2.75, 3.05) is 11.6 Å². The third kappa shape index (κ3) is 3.56. The van der Waals surface area contributed by atoms with Crippen LogP contribution < -0.4 is 4.90 Å². The largest absolute Gasteiger partial charge is 0.353 e. The van der Waals surface area contributed by atoms with Crippen LogP contribution in [-0.4, -0.2) is 6.73 Å². The standard InChI is InChI=1S/C20H17ClFNOS/c21-15-5-9-17(10-6-15)23-13-24-19(14-3-7-16(22)8-4-14)12-18(23)20-2-1-11-25-20/h1-11,18-19H,12-13H2/t18-,19-/m1/s1. The molecular formula is C20H17ClFNOS. The van der Waals surface area contributed by atoms with Crippen LogP contribution in [0.3, 0.4) is 0 Å². The number of thiophene rings is 1. The van der Waals surface area contributed by atoms with Gasteiger partial charge in [0.2, 0.25) is 0 Å². The minimum Gasteiger partial charge on any atom is -0.353 e. The maximum Gasteiger partial charge on any atom is 0.123 e. The van der Waals surface area contributed by atoms with E-state index < -0.39 is 0 Å². The summed E-state index contributed by atoms with van der Waals surface area (Å²) in [4.78, 5) is 3.55. The van der Waals surface area contributed by atoms with Gasteiger partial charge in [0.1, 0.15) is 12.5 Å². The molecule has 0 spiro atoms. The third-order valence-corrected chi connectivity index (χ3v) is 5.73. The maximum absolute atomic E-state index is 13.2. The van der Waals surface area contributed by atoms with Crippen LogP contribution in [0.5, 0.6) is 0 Å². The van der Waals surface area contributed by atoms with E-state index >= 15 is 0 Å². The van der Waals surface area contributed by atoms with Crippen LogP contribution in [0.15, 0.2) is 66.0 Å². The molecule has 1 aromatic heterocycles. The van der Waals surface area contributed by atoms with Crippen molar-refractivity contribution in [1.82, 2.24) is 0 Å². The first-order valence-corrected chi connectivity index (χ1v) is 9.39. The number of rotatable bonds is 3. The van der Waals surface area contributed by atoms with Crippen molar-refractivity contribution in [3.05, 3.63) is 87.3 Å². The topological polar surface area (TPSA) is 12.5 Å². The van der Waals surface area contributed by atoms with Crippen molar-refractivity contribution >= 4 is 28.6 Å². The van der Waals surface area contributed by atoms with Crippen LogP contribution in [0.2, 0.25) is 5.02 Å². The van der Waals surface area contributed by atoms with Gasteiger partial charge in [0, 0.05) is 22.0 Å². The van der Waals surface area contributed by atoms with Crippen molar-refractivity contribution < 1.29 is 9.13 Å². The number of ether oxygens (including phenoxy) is 1. The lowest BCUT2D eigenvalue weighted by Gasteiger charge is -2.40. The summed E-state index contributed by atoms with van der Waals surface area (Å²) in [7, 11) is 0. The Morgan fingerprint density at radius 2 is 1.80 bits per heavy atom. The van der Waals surface area contributed by atoms with Crippen LogP contribution >= 0.6 is 22.9 Å². The zero-order valence-corrected chi connectivity index (χ0v) is 15.0. The average molecular weight is 374 g/mol. The average Bonchev–Trinajstić information content (AvgIpc) is 3.17. The molecule has 0 saturated carbocycles. The van der Waals surface area contributed by atoms with Gasteiger partial charge in [-0.05, 0) is 53.4 Å². The zero-order valence-electron chi connectivity index (χ0n) is 13.4. The SMILES string of the molecule is Fc1ccc([C@H]2C[C@H](c3cccs3)N(c3ccc(Cl)cc3)CO2)cc1. The molecule has 0 amide bonds. The number of hydrogen-bond donors (Lipinski definition) is 0. The van der Waals surface area contributed by atoms with Crippen molar-refractivity contribution in [2.24, 2.45) is 0 Å². The van der Waals surface area contributed by atoms with Crippen molar-refractivity contribution in [3.8, 4) is 0 Å². The molecule has 25 heavy (non-hydrogen) atoms. The molecule has 1 aliphatic heterocycles. The summed E-state index contributed by atoms with van der Waals surface area (Å²) >= 11 is 7.77. The Bertz CT molecular complexity index is 820. The van der Waals surface area contributed by atoms with Gasteiger partial charge in [-0.3, -0.25) is 0 Å². The predicted molar refractivity (Wildman–Crippen MR) is 101 cm³/mol. The van der Waals surface area contributed by atoms with E-state index in [2.05, 4.69) is 22.4 Å². The Morgan fingerprint density at radius 3 is 2.48 bits per heavy atom. The molecular weight excluding hydrogens is 357 g/mol. The highest BCUT2D eigenvalue weighted by atomic mass is 35.5. The monoisotopic (exact) mass is 373 g/mol. The molecule has 2 nitrogen and oxygen atoms in total.